The normalized spacial score (nSPS) is 11.1. The summed E-state index contributed by atoms with van der Waals surface area (Å²) in [5.74, 6) is -1.18. The van der Waals surface area contributed by atoms with E-state index in [1.54, 1.807) is 26.0 Å². The first kappa shape index (κ1) is 87.2. The molecule has 4 atom stereocenters. The molecule has 0 saturated heterocycles. The van der Waals surface area contributed by atoms with Crippen LogP contribution in [0, 0.1) is 20.8 Å². The van der Waals surface area contributed by atoms with E-state index in [9.17, 15) is 19.5 Å². The van der Waals surface area contributed by atoms with E-state index in [2.05, 4.69) is 129 Å². The quantitative estimate of drug-likeness (QED) is 0.0632. The smallest absolute Gasteiger partial charge is 0.668 e. The van der Waals surface area contributed by atoms with Crippen molar-refractivity contribution < 1.29 is 146 Å². The molecule has 5 aromatic rings. The molecule has 5 aromatic carbocycles. The fraction of sp³-hybridized carbons (Fsp3) is 0.391. The van der Waals surface area contributed by atoms with Gasteiger partial charge in [-0.15, -0.1) is 6.58 Å². The summed E-state index contributed by atoms with van der Waals surface area (Å²) >= 11 is 0. The minimum absolute atomic E-state index is 0. The zero-order valence-electron chi connectivity index (χ0n) is 50.3. The molecule has 10 nitrogen and oxygen atoms in total. The number of rotatable bonds is 12. The number of aliphatic carboxylic acids is 1. The molecule has 0 aliphatic heterocycles. The summed E-state index contributed by atoms with van der Waals surface area (Å²) in [6, 6.07) is 38.8. The number of likely N-dealkylation sites (N-methyl/N-ethyl adjacent to an activating group) is 1. The van der Waals surface area contributed by atoms with Crippen LogP contribution in [0.2, 0.25) is 0 Å². The first-order valence-electron chi connectivity index (χ1n) is 25.6. The van der Waals surface area contributed by atoms with Crippen molar-refractivity contribution in [2.75, 3.05) is 14.2 Å². The Labute approximate surface area is 560 Å². The fourth-order valence-electron chi connectivity index (χ4n) is 5.10. The number of aliphatic hydroxyl groups is 1. The summed E-state index contributed by atoms with van der Waals surface area (Å²) in [5.41, 5.74) is 24.0. The summed E-state index contributed by atoms with van der Waals surface area (Å²) in [4.78, 5) is 35.9. The zero-order valence-corrected chi connectivity index (χ0v) is 60.1. The zero-order chi connectivity index (χ0) is 57.7. The molecular weight excluding hydrogens is 1090 g/mol. The van der Waals surface area contributed by atoms with Crippen LogP contribution in [0.5, 0.6) is 0 Å². The van der Waals surface area contributed by atoms with Crippen LogP contribution >= 0.6 is 0 Å². The number of carboxylic acid groups (broad SMARTS) is 1. The van der Waals surface area contributed by atoms with Crippen LogP contribution in [-0.2, 0) is 19.2 Å². The third-order valence-corrected chi connectivity index (χ3v) is 9.61. The van der Waals surface area contributed by atoms with Gasteiger partial charge >= 0.3 is 122 Å². The number of hydroxylamine groups is 2. The predicted octanol–water partition coefficient (Wildman–Crippen LogP) is 11.0. The number of nitrogens with zero attached hydrogens (tertiary/aromatic N) is 1. The molecule has 6 N–H and O–H groups in total. The van der Waals surface area contributed by atoms with E-state index in [0.717, 1.165) is 17.6 Å². The summed E-state index contributed by atoms with van der Waals surface area (Å²) < 4.78 is 0. The number of aryl methyl sites for hydroxylation is 3. The molecule has 0 radical (unpaired) electrons. The molecule has 412 valence electrons. The monoisotopic (exact) mass is 1190 g/mol. The Morgan fingerprint density at radius 2 is 1.01 bits per heavy atom. The number of nitrogens with one attached hydrogen (secondary N) is 2. The van der Waals surface area contributed by atoms with Crippen LogP contribution in [-0.4, -0.2) is 71.3 Å². The summed E-state index contributed by atoms with van der Waals surface area (Å²) in [5, 5.41) is 23.5. The van der Waals surface area contributed by atoms with Crippen molar-refractivity contribution in [2.45, 2.75) is 153 Å². The van der Waals surface area contributed by atoms with Crippen LogP contribution < -0.4 is 122 Å². The summed E-state index contributed by atoms with van der Waals surface area (Å²) in [6.45, 7) is 30.7. The maximum absolute atomic E-state index is 10.9. The van der Waals surface area contributed by atoms with Gasteiger partial charge in [0.1, 0.15) is 5.78 Å². The Morgan fingerprint density at radius 3 is 1.30 bits per heavy atom. The summed E-state index contributed by atoms with van der Waals surface area (Å²) in [6.07, 6.45) is 18.5. The van der Waals surface area contributed by atoms with Gasteiger partial charge in [-0.25, -0.2) is 9.86 Å². The second-order valence-corrected chi connectivity index (χ2v) is 15.9. The minimum Gasteiger partial charge on any atom is -0.668 e. The number of carbonyl (C=O) groups excluding carboxylic acids is 2. The number of ketones is 1. The molecule has 0 aromatic heterocycles. The Hall–Kier alpha value is -2.66. The average Bonchev–Trinajstić information content (AvgIpc) is 3.42. The molecule has 12 heteroatoms. The van der Waals surface area contributed by atoms with E-state index < -0.39 is 18.1 Å². The van der Waals surface area contributed by atoms with Gasteiger partial charge < -0.3 is 32.2 Å². The van der Waals surface area contributed by atoms with Gasteiger partial charge in [0.15, 0.2) is 0 Å². The topological polar surface area (TPSA) is 178 Å². The fourth-order valence-corrected chi connectivity index (χ4v) is 5.10. The first-order chi connectivity index (χ1) is 35.3. The molecule has 4 unspecified atom stereocenters. The van der Waals surface area contributed by atoms with E-state index in [-0.39, 0.29) is 140 Å². The third kappa shape index (κ3) is 53.3. The van der Waals surface area contributed by atoms with Crippen LogP contribution in [0.4, 0.5) is 0 Å². The molecule has 0 bridgehead atoms. The standard InChI is InChI=1S/2C11H10.C8H17NO.C8H14NO.C7H8.C6H13N2O2.C4H6O2.C4H8.C3H6.C2H6.2Rb/c2*1-9-6-7-10-4-2-3-5-11(10)8-9;2*1-3-5-6-8(10)7(9)4-2;1-7-5-3-2-4-6-7;1-4-5(7)6(9)8(2)10-3;1-2-3-4(5)6;1-3-4-2;1-3-2;1-2;;/h2*2-8H,1H3;3,5,7-8,10H,4,6,9H2,1-2H3;3,5,7,9H,4,6H2,1-2H3;2-6H,1H3;5,7H,4H2,1-3H3;2-3H,1H3,(H,5,6);3-4H,1-2H3;3H,1H2,2H3;1-2H3;;/q;;;-1;;-1;;;;;2*+1/b;;2*5-3-;;;3-2-;4-3-;;;;. The Balaban J connectivity index is -0.000000143. The summed E-state index contributed by atoms with van der Waals surface area (Å²) in [7, 11) is 2.90. The van der Waals surface area contributed by atoms with E-state index in [1.165, 1.54) is 58.5 Å². The second-order valence-electron chi connectivity index (χ2n) is 15.9. The van der Waals surface area contributed by atoms with Gasteiger partial charge in [0.25, 0.3) is 0 Å². The Kier molecular flexibility index (Phi) is 72.5. The van der Waals surface area contributed by atoms with Crippen molar-refractivity contribution in [3.63, 3.8) is 0 Å². The number of benzene rings is 5. The molecule has 0 aliphatic rings. The SMILES string of the molecule is C/C=C\C.C/C=C\C(=O)O.C/C=C\CC(=O)C([NH-])CC.C/C=C\CC(O)C(N)CC.C=CC.CC.CCC([NH-])C(=O)N(C)OC.Cc1ccc2ccccc2c1.Cc1ccc2ccccc2c1.Cc1ccccc1.[Rb+].[Rb+]. The number of carboxylic acids is 1. The molecular formula is C64H98N4O6Rb2. The van der Waals surface area contributed by atoms with Crippen molar-refractivity contribution in [2.24, 2.45) is 5.73 Å². The Bertz CT molecular complexity index is 2160. The maximum atomic E-state index is 10.9. The molecule has 0 heterocycles. The van der Waals surface area contributed by atoms with Crippen molar-refractivity contribution in [3.8, 4) is 0 Å². The number of carbonyl (C=O) groups is 3. The van der Waals surface area contributed by atoms with Crippen molar-refractivity contribution >= 4 is 39.2 Å². The van der Waals surface area contributed by atoms with Gasteiger partial charge in [-0.2, -0.15) is 0 Å². The number of amides is 1. The number of hydrogen-bond donors (Lipinski definition) is 3. The Morgan fingerprint density at radius 1 is 0.618 bits per heavy atom. The van der Waals surface area contributed by atoms with Gasteiger partial charge in [0.2, 0.25) is 5.91 Å². The molecule has 0 saturated carbocycles. The van der Waals surface area contributed by atoms with E-state index >= 15 is 0 Å². The van der Waals surface area contributed by atoms with E-state index in [4.69, 9.17) is 22.3 Å². The largest absolute Gasteiger partial charge is 1.00 e. The second kappa shape index (κ2) is 63.2. The van der Waals surface area contributed by atoms with Crippen LogP contribution in [0.25, 0.3) is 33.0 Å². The molecule has 1 amide bonds. The number of allylic oxidation sites excluding steroid dienone is 7. The minimum atomic E-state index is -0.891. The molecule has 0 fully saturated rings. The van der Waals surface area contributed by atoms with Crippen LogP contribution in [0.3, 0.4) is 0 Å². The van der Waals surface area contributed by atoms with Crippen molar-refractivity contribution in [1.82, 2.24) is 5.06 Å². The van der Waals surface area contributed by atoms with Gasteiger partial charge in [0, 0.05) is 25.6 Å². The van der Waals surface area contributed by atoms with Crippen molar-refractivity contribution in [1.29, 1.82) is 0 Å². The number of aliphatic hydroxyl groups excluding tert-OH is 1. The van der Waals surface area contributed by atoms with Gasteiger partial charge in [-0.05, 0) is 96.7 Å². The third-order valence-electron chi connectivity index (χ3n) is 9.61. The predicted molar refractivity (Wildman–Crippen MR) is 323 cm³/mol. The van der Waals surface area contributed by atoms with Gasteiger partial charge in [0.05, 0.1) is 13.2 Å². The molecule has 5 rings (SSSR count). The molecule has 0 spiro atoms. The van der Waals surface area contributed by atoms with Crippen molar-refractivity contribution in [3.05, 3.63) is 205 Å². The van der Waals surface area contributed by atoms with Gasteiger partial charge in [-0.3, -0.25) is 9.63 Å². The number of Topliss-reactive ketones (excluding diaryl/α,β-unsaturated/α-hetero) is 1. The number of nitrogens with two attached hydrogens (primary N) is 1. The van der Waals surface area contributed by atoms with Crippen LogP contribution in [0.1, 0.15) is 125 Å². The number of fused-ring (bicyclic) bond motifs is 2. The molecule has 76 heavy (non-hydrogen) atoms. The van der Waals surface area contributed by atoms with E-state index in [1.807, 2.05) is 111 Å². The van der Waals surface area contributed by atoms with E-state index in [0.29, 0.717) is 25.7 Å². The molecule has 0 aliphatic carbocycles. The number of hydrogen-bond acceptors (Lipinski definition) is 6. The average molecular weight is 1190 g/mol. The maximum Gasteiger partial charge on any atom is 1.00 e. The van der Waals surface area contributed by atoms with Crippen LogP contribution in [0.15, 0.2) is 177 Å². The first-order valence-corrected chi connectivity index (χ1v) is 25.6. The van der Waals surface area contributed by atoms with Gasteiger partial charge in [-0.1, -0.05) is 240 Å².